The zero-order valence-corrected chi connectivity index (χ0v) is 8.18. The van der Waals surface area contributed by atoms with Gasteiger partial charge in [0.2, 0.25) is 5.91 Å². The van der Waals surface area contributed by atoms with Gasteiger partial charge in [-0.25, -0.2) is 0 Å². The first-order valence-corrected chi connectivity index (χ1v) is 4.23. The van der Waals surface area contributed by atoms with E-state index >= 15 is 0 Å². The summed E-state index contributed by atoms with van der Waals surface area (Å²) in [7, 11) is 0. The molecule has 1 unspecified atom stereocenters. The van der Waals surface area contributed by atoms with E-state index in [1.54, 1.807) is 6.92 Å². The van der Waals surface area contributed by atoms with Gasteiger partial charge >= 0.3 is 0 Å². The van der Waals surface area contributed by atoms with Gasteiger partial charge in [-0.1, -0.05) is 13.8 Å². The van der Waals surface area contributed by atoms with Crippen molar-refractivity contribution in [3.8, 4) is 0 Å². The van der Waals surface area contributed by atoms with Gasteiger partial charge in [0.1, 0.15) is 0 Å². The molecule has 0 aliphatic rings. The second-order valence-electron chi connectivity index (χ2n) is 3.50. The quantitative estimate of drug-likeness (QED) is 0.689. The van der Waals surface area contributed by atoms with Gasteiger partial charge in [-0.05, 0) is 19.8 Å². The zero-order valence-electron chi connectivity index (χ0n) is 8.18. The van der Waals surface area contributed by atoms with Crippen LogP contribution >= 0.6 is 0 Å². The standard InChI is InChI=1S/C9H17NO2/c1-6(2)5-9(12)10-7(3)8(4)11/h6-7H,5H2,1-4H3,(H,10,12). The van der Waals surface area contributed by atoms with Gasteiger partial charge in [-0.15, -0.1) is 0 Å². The first kappa shape index (κ1) is 11.1. The Morgan fingerprint density at radius 2 is 1.75 bits per heavy atom. The van der Waals surface area contributed by atoms with Crippen LogP contribution in [0.5, 0.6) is 0 Å². The number of rotatable bonds is 4. The SMILES string of the molecule is CC(=O)C(C)NC(=O)CC(C)C. The predicted molar refractivity (Wildman–Crippen MR) is 47.7 cm³/mol. The number of hydrogen-bond donors (Lipinski definition) is 1. The van der Waals surface area contributed by atoms with E-state index in [1.807, 2.05) is 13.8 Å². The summed E-state index contributed by atoms with van der Waals surface area (Å²) in [5, 5.41) is 2.62. The zero-order chi connectivity index (χ0) is 9.72. The van der Waals surface area contributed by atoms with Crippen LogP contribution in [-0.4, -0.2) is 17.7 Å². The Morgan fingerprint density at radius 3 is 2.08 bits per heavy atom. The van der Waals surface area contributed by atoms with Crippen LogP contribution in [0.15, 0.2) is 0 Å². The Hall–Kier alpha value is -0.860. The minimum absolute atomic E-state index is 0.00731. The van der Waals surface area contributed by atoms with Crippen molar-refractivity contribution in [2.75, 3.05) is 0 Å². The Balaban J connectivity index is 3.77. The molecule has 70 valence electrons. The number of carbonyl (C=O) groups excluding carboxylic acids is 2. The maximum absolute atomic E-state index is 11.1. The number of hydrogen-bond acceptors (Lipinski definition) is 2. The fourth-order valence-electron chi connectivity index (χ4n) is 0.773. The van der Waals surface area contributed by atoms with Crippen LogP contribution in [0.3, 0.4) is 0 Å². The van der Waals surface area contributed by atoms with Gasteiger partial charge in [0.15, 0.2) is 5.78 Å². The monoisotopic (exact) mass is 171 g/mol. The summed E-state index contributed by atoms with van der Waals surface area (Å²) in [4.78, 5) is 21.9. The molecule has 0 fully saturated rings. The third-order valence-corrected chi connectivity index (χ3v) is 1.58. The number of Topliss-reactive ketones (excluding diaryl/α,β-unsaturated/α-hetero) is 1. The Bertz CT molecular complexity index is 175. The third kappa shape index (κ3) is 4.88. The van der Waals surface area contributed by atoms with Gasteiger partial charge in [-0.2, -0.15) is 0 Å². The van der Waals surface area contributed by atoms with E-state index in [2.05, 4.69) is 5.32 Å². The van der Waals surface area contributed by atoms with Gasteiger partial charge in [0, 0.05) is 6.42 Å². The molecular formula is C9H17NO2. The molecule has 1 amide bonds. The van der Waals surface area contributed by atoms with Crippen LogP contribution in [0.25, 0.3) is 0 Å². The van der Waals surface area contributed by atoms with Gasteiger partial charge in [-0.3, -0.25) is 9.59 Å². The van der Waals surface area contributed by atoms with Crippen LogP contribution in [0, 0.1) is 5.92 Å². The van der Waals surface area contributed by atoms with E-state index < -0.39 is 0 Å². The lowest BCUT2D eigenvalue weighted by atomic mass is 10.1. The van der Waals surface area contributed by atoms with Crippen LogP contribution in [0.1, 0.15) is 34.1 Å². The fourth-order valence-corrected chi connectivity index (χ4v) is 0.773. The molecule has 3 nitrogen and oxygen atoms in total. The molecule has 0 radical (unpaired) electrons. The highest BCUT2D eigenvalue weighted by molar-refractivity contribution is 5.87. The van der Waals surface area contributed by atoms with Crippen LogP contribution in [-0.2, 0) is 9.59 Å². The number of carbonyl (C=O) groups is 2. The third-order valence-electron chi connectivity index (χ3n) is 1.58. The molecule has 0 saturated carbocycles. The lowest BCUT2D eigenvalue weighted by molar-refractivity contribution is -0.127. The summed E-state index contributed by atoms with van der Waals surface area (Å²) in [5.41, 5.74) is 0. The topological polar surface area (TPSA) is 46.2 Å². The largest absolute Gasteiger partial charge is 0.347 e. The molecule has 0 bridgehead atoms. The second-order valence-corrected chi connectivity index (χ2v) is 3.50. The van der Waals surface area contributed by atoms with Crippen LogP contribution in [0.4, 0.5) is 0 Å². The van der Waals surface area contributed by atoms with E-state index in [9.17, 15) is 9.59 Å². The molecule has 0 heterocycles. The summed E-state index contributed by atoms with van der Waals surface area (Å²) in [6, 6.07) is -0.351. The Labute approximate surface area is 73.5 Å². The summed E-state index contributed by atoms with van der Waals surface area (Å²) in [5.74, 6) is 0.281. The lowest BCUT2D eigenvalue weighted by Gasteiger charge is -2.11. The first-order chi connectivity index (χ1) is 5.43. The fraction of sp³-hybridized carbons (Fsp3) is 0.778. The van der Waals surface area contributed by atoms with Crippen LogP contribution in [0.2, 0.25) is 0 Å². The van der Waals surface area contributed by atoms with Crippen LogP contribution < -0.4 is 5.32 Å². The molecular weight excluding hydrogens is 154 g/mol. The van der Waals surface area contributed by atoms with E-state index in [0.717, 1.165) is 0 Å². The van der Waals surface area contributed by atoms with E-state index in [1.165, 1.54) is 6.92 Å². The van der Waals surface area contributed by atoms with Crippen molar-refractivity contribution in [1.29, 1.82) is 0 Å². The molecule has 12 heavy (non-hydrogen) atoms. The van der Waals surface area contributed by atoms with Crippen molar-refractivity contribution in [2.45, 2.75) is 40.2 Å². The number of ketones is 1. The smallest absolute Gasteiger partial charge is 0.220 e. The van der Waals surface area contributed by atoms with Crippen molar-refractivity contribution in [3.63, 3.8) is 0 Å². The normalized spacial score (nSPS) is 12.8. The second kappa shape index (κ2) is 4.91. The van der Waals surface area contributed by atoms with E-state index in [-0.39, 0.29) is 17.7 Å². The summed E-state index contributed by atoms with van der Waals surface area (Å²) in [6.45, 7) is 7.11. The van der Waals surface area contributed by atoms with Crippen molar-refractivity contribution >= 4 is 11.7 Å². The predicted octanol–water partition coefficient (Wildman–Crippen LogP) is 1.13. The van der Waals surface area contributed by atoms with E-state index in [0.29, 0.717) is 12.3 Å². The average Bonchev–Trinajstić information content (AvgIpc) is 1.84. The molecule has 0 aliphatic heterocycles. The van der Waals surface area contributed by atoms with Crippen molar-refractivity contribution in [2.24, 2.45) is 5.92 Å². The number of amides is 1. The molecule has 1 atom stereocenters. The molecule has 3 heteroatoms. The molecule has 0 aromatic rings. The highest BCUT2D eigenvalue weighted by Crippen LogP contribution is 1.98. The van der Waals surface area contributed by atoms with Gasteiger partial charge in [0.05, 0.1) is 6.04 Å². The van der Waals surface area contributed by atoms with Crippen molar-refractivity contribution < 1.29 is 9.59 Å². The Morgan fingerprint density at radius 1 is 1.25 bits per heavy atom. The molecule has 0 aromatic heterocycles. The average molecular weight is 171 g/mol. The molecule has 0 rings (SSSR count). The van der Waals surface area contributed by atoms with Crippen molar-refractivity contribution in [3.05, 3.63) is 0 Å². The molecule has 1 N–H and O–H groups in total. The minimum Gasteiger partial charge on any atom is -0.347 e. The highest BCUT2D eigenvalue weighted by atomic mass is 16.2. The summed E-state index contributed by atoms with van der Waals surface area (Å²) >= 11 is 0. The summed E-state index contributed by atoms with van der Waals surface area (Å²) in [6.07, 6.45) is 0.484. The highest BCUT2D eigenvalue weighted by Gasteiger charge is 2.11. The summed E-state index contributed by atoms with van der Waals surface area (Å²) < 4.78 is 0. The van der Waals surface area contributed by atoms with Crippen molar-refractivity contribution in [1.82, 2.24) is 5.32 Å². The number of nitrogens with one attached hydrogen (secondary N) is 1. The van der Waals surface area contributed by atoms with E-state index in [4.69, 9.17) is 0 Å². The van der Waals surface area contributed by atoms with Gasteiger partial charge in [0.25, 0.3) is 0 Å². The Kier molecular flexibility index (Phi) is 4.55. The molecule has 0 saturated heterocycles. The minimum atomic E-state index is -0.351. The van der Waals surface area contributed by atoms with Gasteiger partial charge < -0.3 is 5.32 Å². The molecule has 0 aliphatic carbocycles. The molecule has 0 spiro atoms. The lowest BCUT2D eigenvalue weighted by Crippen LogP contribution is -2.37. The maximum Gasteiger partial charge on any atom is 0.220 e. The molecule has 0 aromatic carbocycles. The maximum atomic E-state index is 11.1. The first-order valence-electron chi connectivity index (χ1n) is 4.23.